The second-order valence-electron chi connectivity index (χ2n) is 7.49. The van der Waals surface area contributed by atoms with E-state index in [0.717, 1.165) is 15.9 Å². The average Bonchev–Trinajstić information content (AvgIpc) is 3.31. The molecule has 4 aromatic rings. The van der Waals surface area contributed by atoms with Gasteiger partial charge in [0.1, 0.15) is 0 Å². The molecule has 11 heteroatoms. The number of pyridine rings is 1. The van der Waals surface area contributed by atoms with Crippen molar-refractivity contribution in [1.29, 1.82) is 0 Å². The molecular weight excluding hydrogens is 430 g/mol. The fourth-order valence-corrected chi connectivity index (χ4v) is 3.15. The molecule has 0 radical (unpaired) electrons. The highest BCUT2D eigenvalue weighted by Gasteiger charge is 2.32. The van der Waals surface area contributed by atoms with Gasteiger partial charge in [-0.25, -0.2) is 0 Å². The molecule has 33 heavy (non-hydrogen) atoms. The molecule has 0 saturated heterocycles. The van der Waals surface area contributed by atoms with Crippen LogP contribution < -0.4 is 5.32 Å². The Morgan fingerprint density at radius 2 is 1.97 bits per heavy atom. The van der Waals surface area contributed by atoms with Gasteiger partial charge in [0.2, 0.25) is 5.82 Å². The van der Waals surface area contributed by atoms with Crippen molar-refractivity contribution >= 4 is 5.91 Å². The summed E-state index contributed by atoms with van der Waals surface area (Å²) < 4.78 is 29.0. The Balaban J connectivity index is 1.68. The van der Waals surface area contributed by atoms with Crippen molar-refractivity contribution < 1.29 is 13.6 Å². The lowest BCUT2D eigenvalue weighted by Crippen LogP contribution is -2.26. The highest BCUT2D eigenvalue weighted by atomic mass is 19.3. The van der Waals surface area contributed by atoms with Gasteiger partial charge in [0.25, 0.3) is 5.91 Å². The number of hydrogen-bond donors (Lipinski definition) is 1. The van der Waals surface area contributed by atoms with Gasteiger partial charge >= 0.3 is 5.92 Å². The minimum Gasteiger partial charge on any atom is -0.352 e. The monoisotopic (exact) mass is 450 g/mol. The lowest BCUT2D eigenvalue weighted by Gasteiger charge is -2.13. The number of benzene rings is 1. The number of hydrogen-bond acceptors (Lipinski definition) is 7. The van der Waals surface area contributed by atoms with Gasteiger partial charge in [-0.1, -0.05) is 6.07 Å². The molecule has 3 heterocycles. The van der Waals surface area contributed by atoms with E-state index >= 15 is 0 Å². The van der Waals surface area contributed by atoms with E-state index in [-0.39, 0.29) is 17.2 Å². The maximum absolute atomic E-state index is 14.0. The number of aryl methyl sites for hydroxylation is 1. The molecule has 9 nitrogen and oxygen atoms in total. The number of amides is 1. The van der Waals surface area contributed by atoms with E-state index in [1.54, 1.807) is 43.0 Å². The van der Waals surface area contributed by atoms with Gasteiger partial charge in [-0.05, 0) is 47.2 Å². The van der Waals surface area contributed by atoms with E-state index in [1.807, 2.05) is 13.0 Å². The Morgan fingerprint density at radius 3 is 2.67 bits per heavy atom. The predicted octanol–water partition coefficient (Wildman–Crippen LogP) is 2.91. The Kier molecular flexibility index (Phi) is 6.11. The number of rotatable bonds is 7. The second-order valence-corrected chi connectivity index (χ2v) is 7.49. The van der Waals surface area contributed by atoms with Crippen LogP contribution in [0.3, 0.4) is 0 Å². The van der Waals surface area contributed by atoms with Gasteiger partial charge in [-0.2, -0.15) is 13.5 Å². The lowest BCUT2D eigenvalue weighted by atomic mass is 10.0. The molecule has 1 aromatic carbocycles. The first-order valence-corrected chi connectivity index (χ1v) is 10.1. The van der Waals surface area contributed by atoms with Crippen LogP contribution >= 0.6 is 0 Å². The van der Waals surface area contributed by atoms with E-state index in [4.69, 9.17) is 0 Å². The largest absolute Gasteiger partial charge is 0.352 e. The van der Waals surface area contributed by atoms with Crippen molar-refractivity contribution in [3.05, 3.63) is 77.8 Å². The van der Waals surface area contributed by atoms with E-state index in [1.165, 1.54) is 6.07 Å². The minimum atomic E-state index is -3.28. The van der Waals surface area contributed by atoms with E-state index in [2.05, 4.69) is 35.8 Å². The van der Waals surface area contributed by atoms with Gasteiger partial charge in [-0.15, -0.1) is 5.10 Å². The van der Waals surface area contributed by atoms with Gasteiger partial charge in [0, 0.05) is 55.8 Å². The summed E-state index contributed by atoms with van der Waals surface area (Å²) in [5, 5.41) is 13.4. The predicted molar refractivity (Wildman–Crippen MR) is 115 cm³/mol. The van der Waals surface area contributed by atoms with Gasteiger partial charge in [0.05, 0.1) is 17.1 Å². The number of alkyl halides is 2. The summed E-state index contributed by atoms with van der Waals surface area (Å²) in [7, 11) is 0. The van der Waals surface area contributed by atoms with Crippen LogP contribution in [0.2, 0.25) is 0 Å². The van der Waals surface area contributed by atoms with Gasteiger partial charge in [-0.3, -0.25) is 19.7 Å². The van der Waals surface area contributed by atoms with Crippen LogP contribution in [-0.4, -0.2) is 47.6 Å². The summed E-state index contributed by atoms with van der Waals surface area (Å²) in [6.07, 6.45) is 6.95. The van der Waals surface area contributed by atoms with E-state index in [0.29, 0.717) is 31.1 Å². The maximum atomic E-state index is 14.0. The molecule has 4 rings (SSSR count). The topological polar surface area (TPSA) is 111 Å². The maximum Gasteiger partial charge on any atom is 0.305 e. The third-order valence-electron chi connectivity index (χ3n) is 4.78. The quantitative estimate of drug-likeness (QED) is 0.461. The third kappa shape index (κ3) is 5.20. The van der Waals surface area contributed by atoms with Crippen LogP contribution in [0.4, 0.5) is 8.78 Å². The lowest BCUT2D eigenvalue weighted by molar-refractivity contribution is 0.00527. The number of carbonyl (C=O) groups excluding carboxylic acids is 1. The summed E-state index contributed by atoms with van der Waals surface area (Å²) in [6, 6.07) is 8.38. The highest BCUT2D eigenvalue weighted by Crippen LogP contribution is 2.28. The molecule has 0 spiro atoms. The number of tetrazole rings is 1. The zero-order valence-corrected chi connectivity index (χ0v) is 17.9. The summed E-state index contributed by atoms with van der Waals surface area (Å²) in [6.45, 7) is 2.93. The summed E-state index contributed by atoms with van der Waals surface area (Å²) >= 11 is 0. The van der Waals surface area contributed by atoms with Crippen LogP contribution in [0.25, 0.3) is 16.9 Å². The van der Waals surface area contributed by atoms with Crippen LogP contribution in [-0.2, 0) is 12.3 Å². The molecule has 0 aliphatic rings. The molecule has 168 valence electrons. The number of carbonyl (C=O) groups is 1. The zero-order valence-electron chi connectivity index (χ0n) is 17.9. The molecule has 0 fully saturated rings. The Bertz CT molecular complexity index is 1250. The number of nitrogens with zero attached hydrogens (tertiary/aromatic N) is 7. The summed E-state index contributed by atoms with van der Waals surface area (Å²) in [5.41, 5.74) is 3.31. The standard InChI is InChI=1S/C22H20F2N8O/c1-14-3-4-19(28-12-14)15-9-16(20(33)27-6-5-17-13-25-7-8-26-17)11-18(10-15)32-21(22(2,23)24)29-30-31-32/h3-4,7-13H,5-6H2,1-2H3,(H,27,33). The normalized spacial score (nSPS) is 11.4. The van der Waals surface area contributed by atoms with Crippen molar-refractivity contribution in [3.63, 3.8) is 0 Å². The number of nitrogens with one attached hydrogen (secondary N) is 1. The molecule has 1 amide bonds. The van der Waals surface area contributed by atoms with Crippen LogP contribution in [0.15, 0.2) is 55.1 Å². The molecule has 0 aliphatic heterocycles. The molecule has 0 atom stereocenters. The van der Waals surface area contributed by atoms with Crippen molar-refractivity contribution in [3.8, 4) is 16.9 Å². The molecular formula is C22H20F2N8O. The van der Waals surface area contributed by atoms with Crippen molar-refractivity contribution in [2.24, 2.45) is 0 Å². The SMILES string of the molecule is Cc1ccc(-c2cc(C(=O)NCCc3cnccn3)cc(-n3nnnc3C(C)(F)F)c2)nc1. The first kappa shape index (κ1) is 22.1. The molecule has 0 aliphatic carbocycles. The Labute approximate surface area is 187 Å². The fraction of sp³-hybridized carbons (Fsp3) is 0.227. The Morgan fingerprint density at radius 1 is 1.12 bits per heavy atom. The second kappa shape index (κ2) is 9.15. The average molecular weight is 450 g/mol. The molecule has 3 aromatic heterocycles. The van der Waals surface area contributed by atoms with Crippen LogP contribution in [0, 0.1) is 6.92 Å². The van der Waals surface area contributed by atoms with Gasteiger partial charge < -0.3 is 5.32 Å². The van der Waals surface area contributed by atoms with E-state index < -0.39 is 11.7 Å². The third-order valence-corrected chi connectivity index (χ3v) is 4.78. The number of aromatic nitrogens is 7. The summed E-state index contributed by atoms with van der Waals surface area (Å²) in [4.78, 5) is 25.5. The fourth-order valence-electron chi connectivity index (χ4n) is 3.15. The first-order valence-electron chi connectivity index (χ1n) is 10.1. The zero-order chi connectivity index (χ0) is 23.4. The first-order chi connectivity index (χ1) is 15.8. The minimum absolute atomic E-state index is 0.218. The van der Waals surface area contributed by atoms with Crippen LogP contribution in [0.1, 0.15) is 34.4 Å². The van der Waals surface area contributed by atoms with Crippen molar-refractivity contribution in [2.45, 2.75) is 26.2 Å². The van der Waals surface area contributed by atoms with Crippen molar-refractivity contribution in [2.75, 3.05) is 6.54 Å². The Hall–Kier alpha value is -4.15. The van der Waals surface area contributed by atoms with Crippen LogP contribution in [0.5, 0.6) is 0 Å². The van der Waals surface area contributed by atoms with Gasteiger partial charge in [0.15, 0.2) is 0 Å². The molecule has 0 unspecified atom stereocenters. The summed E-state index contributed by atoms with van der Waals surface area (Å²) in [5.74, 6) is -4.29. The molecule has 0 saturated carbocycles. The smallest absolute Gasteiger partial charge is 0.305 e. The molecule has 1 N–H and O–H groups in total. The van der Waals surface area contributed by atoms with Crippen molar-refractivity contribution in [1.82, 2.24) is 40.5 Å². The van der Waals surface area contributed by atoms with E-state index in [9.17, 15) is 13.6 Å². The highest BCUT2D eigenvalue weighted by molar-refractivity contribution is 5.96. The number of halogens is 2. The molecule has 0 bridgehead atoms.